The maximum absolute atomic E-state index is 12.1. The van der Waals surface area contributed by atoms with E-state index in [0.717, 1.165) is 34.6 Å². The first kappa shape index (κ1) is 17.5. The Hall–Kier alpha value is -2.92. The standard InChI is InChI=1S/C22H21N3OS/c26-21(12-6-9-17-13-23-20-11-5-4-10-19(17)20)24-14-18-15-27-22(25-18)16-7-2-1-3-8-16/h1-5,7-8,10-11,13,15,23H,6,9,12,14H2,(H,24,26). The smallest absolute Gasteiger partial charge is 0.220 e. The molecule has 1 amide bonds. The van der Waals surface area contributed by atoms with Gasteiger partial charge in [-0.3, -0.25) is 4.79 Å². The number of fused-ring (bicyclic) bond motifs is 1. The Morgan fingerprint density at radius 2 is 1.89 bits per heavy atom. The highest BCUT2D eigenvalue weighted by molar-refractivity contribution is 7.13. The molecule has 0 bridgehead atoms. The van der Waals surface area contributed by atoms with E-state index in [2.05, 4.69) is 27.4 Å². The molecule has 2 heterocycles. The predicted molar refractivity (Wildman–Crippen MR) is 111 cm³/mol. The molecule has 4 nitrogen and oxygen atoms in total. The molecule has 0 fully saturated rings. The summed E-state index contributed by atoms with van der Waals surface area (Å²) in [5.41, 5.74) is 4.43. The van der Waals surface area contributed by atoms with Crippen LogP contribution in [0.15, 0.2) is 66.2 Å². The van der Waals surface area contributed by atoms with Crippen LogP contribution >= 0.6 is 11.3 Å². The lowest BCUT2D eigenvalue weighted by atomic mass is 10.1. The highest BCUT2D eigenvalue weighted by Crippen LogP contribution is 2.23. The second kappa shape index (κ2) is 8.18. The van der Waals surface area contributed by atoms with Gasteiger partial charge in [0.05, 0.1) is 12.2 Å². The number of hydrogen-bond acceptors (Lipinski definition) is 3. The van der Waals surface area contributed by atoms with Gasteiger partial charge in [-0.15, -0.1) is 11.3 Å². The van der Waals surface area contributed by atoms with Crippen molar-refractivity contribution in [1.82, 2.24) is 15.3 Å². The first-order chi connectivity index (χ1) is 13.3. The van der Waals surface area contributed by atoms with Crippen LogP contribution in [0.1, 0.15) is 24.1 Å². The summed E-state index contributed by atoms with van der Waals surface area (Å²) in [5.74, 6) is 0.0732. The number of thiazole rings is 1. The van der Waals surface area contributed by atoms with Gasteiger partial charge in [0, 0.05) is 34.5 Å². The molecule has 0 saturated carbocycles. The normalized spacial score (nSPS) is 11.0. The topological polar surface area (TPSA) is 57.8 Å². The quantitative estimate of drug-likeness (QED) is 0.481. The Morgan fingerprint density at radius 1 is 1.07 bits per heavy atom. The van der Waals surface area contributed by atoms with Crippen LogP contribution in [0.4, 0.5) is 0 Å². The van der Waals surface area contributed by atoms with Crippen molar-refractivity contribution in [3.63, 3.8) is 0 Å². The van der Waals surface area contributed by atoms with E-state index in [0.29, 0.717) is 13.0 Å². The lowest BCUT2D eigenvalue weighted by Gasteiger charge is -2.03. The summed E-state index contributed by atoms with van der Waals surface area (Å²) >= 11 is 1.61. The molecule has 27 heavy (non-hydrogen) atoms. The fourth-order valence-corrected chi connectivity index (χ4v) is 3.98. The fraction of sp³-hybridized carbons (Fsp3) is 0.182. The molecule has 2 aromatic heterocycles. The van der Waals surface area contributed by atoms with Gasteiger partial charge < -0.3 is 10.3 Å². The van der Waals surface area contributed by atoms with E-state index in [9.17, 15) is 4.79 Å². The average Bonchev–Trinajstić information content (AvgIpc) is 3.35. The van der Waals surface area contributed by atoms with Crippen molar-refractivity contribution in [2.24, 2.45) is 0 Å². The molecule has 5 heteroatoms. The van der Waals surface area contributed by atoms with Crippen LogP contribution in [0.25, 0.3) is 21.5 Å². The van der Waals surface area contributed by atoms with E-state index >= 15 is 0 Å². The molecule has 2 N–H and O–H groups in total. The first-order valence-corrected chi connectivity index (χ1v) is 9.99. The molecule has 136 valence electrons. The van der Waals surface area contributed by atoms with E-state index in [1.807, 2.05) is 54.0 Å². The number of amides is 1. The second-order valence-corrected chi connectivity index (χ2v) is 7.36. The summed E-state index contributed by atoms with van der Waals surface area (Å²) in [5, 5.41) is 7.22. The zero-order valence-corrected chi connectivity index (χ0v) is 15.8. The van der Waals surface area contributed by atoms with Gasteiger partial charge in [0.25, 0.3) is 0 Å². The van der Waals surface area contributed by atoms with Crippen molar-refractivity contribution in [2.75, 3.05) is 0 Å². The van der Waals surface area contributed by atoms with Crippen LogP contribution < -0.4 is 5.32 Å². The Balaban J connectivity index is 1.25. The maximum Gasteiger partial charge on any atom is 0.220 e. The minimum Gasteiger partial charge on any atom is -0.361 e. The van der Waals surface area contributed by atoms with E-state index in [-0.39, 0.29) is 5.91 Å². The Bertz CT molecular complexity index is 1040. The fourth-order valence-electron chi connectivity index (χ4n) is 3.16. The van der Waals surface area contributed by atoms with Gasteiger partial charge in [-0.05, 0) is 24.5 Å². The van der Waals surface area contributed by atoms with E-state index in [1.54, 1.807) is 11.3 Å². The summed E-state index contributed by atoms with van der Waals surface area (Å²) in [7, 11) is 0. The number of hydrogen-bond donors (Lipinski definition) is 2. The molecule has 0 saturated heterocycles. The van der Waals surface area contributed by atoms with Gasteiger partial charge in [-0.2, -0.15) is 0 Å². The summed E-state index contributed by atoms with van der Waals surface area (Å²) in [6, 6.07) is 18.4. The molecule has 4 aromatic rings. The predicted octanol–water partition coefficient (Wildman–Crippen LogP) is 4.93. The molecule has 2 aromatic carbocycles. The summed E-state index contributed by atoms with van der Waals surface area (Å²) in [6.07, 6.45) is 4.30. The first-order valence-electron chi connectivity index (χ1n) is 9.11. The van der Waals surface area contributed by atoms with Gasteiger partial charge in [-0.25, -0.2) is 4.98 Å². The zero-order chi connectivity index (χ0) is 18.5. The van der Waals surface area contributed by atoms with Crippen LogP contribution in [-0.4, -0.2) is 15.9 Å². The van der Waals surface area contributed by atoms with Gasteiger partial charge in [0.1, 0.15) is 5.01 Å². The van der Waals surface area contributed by atoms with E-state index in [4.69, 9.17) is 0 Å². The van der Waals surface area contributed by atoms with Crippen LogP contribution in [-0.2, 0) is 17.8 Å². The van der Waals surface area contributed by atoms with Crippen LogP contribution in [0, 0.1) is 0 Å². The molecule has 0 aliphatic rings. The van der Waals surface area contributed by atoms with Crippen molar-refractivity contribution in [3.8, 4) is 10.6 Å². The number of para-hydroxylation sites is 1. The number of carbonyl (C=O) groups is 1. The highest BCUT2D eigenvalue weighted by Gasteiger charge is 2.08. The molecule has 0 unspecified atom stereocenters. The maximum atomic E-state index is 12.1. The molecule has 0 radical (unpaired) electrons. The number of rotatable bonds is 7. The van der Waals surface area contributed by atoms with Gasteiger partial charge in [-0.1, -0.05) is 48.5 Å². The molecule has 0 aliphatic carbocycles. The zero-order valence-electron chi connectivity index (χ0n) is 14.9. The highest BCUT2D eigenvalue weighted by atomic mass is 32.1. The minimum atomic E-state index is 0.0732. The van der Waals surface area contributed by atoms with E-state index in [1.165, 1.54) is 10.9 Å². The average molecular weight is 375 g/mol. The van der Waals surface area contributed by atoms with Crippen LogP contribution in [0.2, 0.25) is 0 Å². The largest absolute Gasteiger partial charge is 0.361 e. The van der Waals surface area contributed by atoms with Crippen molar-refractivity contribution < 1.29 is 4.79 Å². The lowest BCUT2D eigenvalue weighted by Crippen LogP contribution is -2.22. The third kappa shape index (κ3) is 4.26. The Kier molecular flexibility index (Phi) is 5.30. The number of aromatic nitrogens is 2. The molecule has 0 aliphatic heterocycles. The summed E-state index contributed by atoms with van der Waals surface area (Å²) in [4.78, 5) is 20.0. The minimum absolute atomic E-state index is 0.0732. The number of aryl methyl sites for hydroxylation is 1. The Labute approximate surface area is 162 Å². The number of H-pyrrole nitrogens is 1. The lowest BCUT2D eigenvalue weighted by molar-refractivity contribution is -0.121. The number of aromatic amines is 1. The van der Waals surface area contributed by atoms with Crippen molar-refractivity contribution in [1.29, 1.82) is 0 Å². The molecule has 4 rings (SSSR count). The van der Waals surface area contributed by atoms with Gasteiger partial charge in [0.15, 0.2) is 0 Å². The van der Waals surface area contributed by atoms with Crippen molar-refractivity contribution >= 4 is 28.1 Å². The summed E-state index contributed by atoms with van der Waals surface area (Å²) < 4.78 is 0. The van der Waals surface area contributed by atoms with Crippen LogP contribution in [0.5, 0.6) is 0 Å². The van der Waals surface area contributed by atoms with Gasteiger partial charge in [0.2, 0.25) is 5.91 Å². The van der Waals surface area contributed by atoms with E-state index < -0.39 is 0 Å². The van der Waals surface area contributed by atoms with Crippen molar-refractivity contribution in [2.45, 2.75) is 25.8 Å². The number of benzene rings is 2. The van der Waals surface area contributed by atoms with Crippen LogP contribution in [0.3, 0.4) is 0 Å². The SMILES string of the molecule is O=C(CCCc1c[nH]c2ccccc12)NCc1csc(-c2ccccc2)n1. The third-order valence-electron chi connectivity index (χ3n) is 4.56. The monoisotopic (exact) mass is 375 g/mol. The van der Waals surface area contributed by atoms with Crippen molar-refractivity contribution in [3.05, 3.63) is 77.4 Å². The molecular weight excluding hydrogens is 354 g/mol. The number of nitrogens with zero attached hydrogens (tertiary/aromatic N) is 1. The second-order valence-electron chi connectivity index (χ2n) is 6.50. The molecular formula is C22H21N3OS. The number of nitrogens with one attached hydrogen (secondary N) is 2. The third-order valence-corrected chi connectivity index (χ3v) is 5.50. The van der Waals surface area contributed by atoms with Gasteiger partial charge >= 0.3 is 0 Å². The molecule has 0 spiro atoms. The Morgan fingerprint density at radius 3 is 2.78 bits per heavy atom. The number of carbonyl (C=O) groups excluding carboxylic acids is 1. The molecule has 0 atom stereocenters. The summed E-state index contributed by atoms with van der Waals surface area (Å²) in [6.45, 7) is 0.481.